The minimum Gasteiger partial charge on any atom is -0.340 e. The number of aryl methyl sites for hydroxylation is 1. The number of benzene rings is 1. The first kappa shape index (κ1) is 20.3. The molecular formula is C22H29N3O3S. The van der Waals surface area contributed by atoms with E-state index in [0.29, 0.717) is 44.0 Å². The maximum atomic E-state index is 13.2. The van der Waals surface area contributed by atoms with Crippen LogP contribution in [0.4, 0.5) is 0 Å². The second kappa shape index (κ2) is 8.40. The highest BCUT2D eigenvalue weighted by molar-refractivity contribution is 7.89. The Balaban J connectivity index is 1.42. The number of rotatable bonds is 5. The van der Waals surface area contributed by atoms with Crippen LogP contribution in [0.25, 0.3) is 10.9 Å². The van der Waals surface area contributed by atoms with Crippen LogP contribution in [0, 0.1) is 12.8 Å². The summed E-state index contributed by atoms with van der Waals surface area (Å²) in [5.41, 5.74) is 1.50. The zero-order chi connectivity index (χ0) is 20.4. The van der Waals surface area contributed by atoms with E-state index in [9.17, 15) is 13.2 Å². The Morgan fingerprint density at radius 3 is 2.59 bits per heavy atom. The first-order valence-corrected chi connectivity index (χ1v) is 12.0. The van der Waals surface area contributed by atoms with E-state index in [-0.39, 0.29) is 10.8 Å². The van der Waals surface area contributed by atoms with E-state index in [4.69, 9.17) is 0 Å². The van der Waals surface area contributed by atoms with Crippen molar-refractivity contribution in [3.63, 3.8) is 0 Å². The molecule has 1 aromatic heterocycles. The second-order valence-corrected chi connectivity index (χ2v) is 10.2. The van der Waals surface area contributed by atoms with Crippen molar-refractivity contribution in [2.45, 2.75) is 50.3 Å². The molecule has 7 heteroatoms. The van der Waals surface area contributed by atoms with Crippen molar-refractivity contribution in [3.8, 4) is 0 Å². The lowest BCUT2D eigenvalue weighted by molar-refractivity contribution is -0.132. The summed E-state index contributed by atoms with van der Waals surface area (Å²) in [5.74, 6) is 0.861. The number of nitrogens with zero attached hydrogens (tertiary/aromatic N) is 3. The number of hydrogen-bond donors (Lipinski definition) is 0. The molecule has 2 aliphatic rings. The summed E-state index contributed by atoms with van der Waals surface area (Å²) in [4.78, 5) is 19.0. The van der Waals surface area contributed by atoms with Crippen molar-refractivity contribution < 1.29 is 13.2 Å². The summed E-state index contributed by atoms with van der Waals surface area (Å²) >= 11 is 0. The maximum Gasteiger partial charge on any atom is 0.245 e. The molecule has 1 aromatic carbocycles. The van der Waals surface area contributed by atoms with Gasteiger partial charge in [-0.3, -0.25) is 9.78 Å². The molecule has 2 heterocycles. The fourth-order valence-electron chi connectivity index (χ4n) is 4.55. The van der Waals surface area contributed by atoms with Gasteiger partial charge in [0.1, 0.15) is 4.90 Å². The Kier molecular flexibility index (Phi) is 5.88. The van der Waals surface area contributed by atoms with Crippen molar-refractivity contribution in [3.05, 3.63) is 36.0 Å². The van der Waals surface area contributed by atoms with E-state index in [1.165, 1.54) is 30.0 Å². The van der Waals surface area contributed by atoms with Gasteiger partial charge in [-0.15, -0.1) is 0 Å². The van der Waals surface area contributed by atoms with E-state index in [1.807, 2.05) is 24.0 Å². The van der Waals surface area contributed by atoms with Gasteiger partial charge >= 0.3 is 0 Å². The van der Waals surface area contributed by atoms with Gasteiger partial charge in [0.2, 0.25) is 15.9 Å². The lowest BCUT2D eigenvalue weighted by atomic mass is 10.0. The van der Waals surface area contributed by atoms with Gasteiger partial charge < -0.3 is 4.90 Å². The number of carbonyl (C=O) groups is 1. The van der Waals surface area contributed by atoms with E-state index >= 15 is 0 Å². The van der Waals surface area contributed by atoms with Crippen molar-refractivity contribution in [2.24, 2.45) is 5.92 Å². The molecule has 1 aliphatic heterocycles. The number of piperazine rings is 1. The van der Waals surface area contributed by atoms with Crippen LogP contribution in [0.3, 0.4) is 0 Å². The third-order valence-electron chi connectivity index (χ3n) is 6.26. The van der Waals surface area contributed by atoms with Crippen LogP contribution in [0.5, 0.6) is 0 Å². The molecule has 1 saturated heterocycles. The summed E-state index contributed by atoms with van der Waals surface area (Å²) < 4.78 is 28.0. The van der Waals surface area contributed by atoms with Crippen LogP contribution >= 0.6 is 0 Å². The Labute approximate surface area is 173 Å². The quantitative estimate of drug-likeness (QED) is 0.751. The molecule has 4 rings (SSSR count). The van der Waals surface area contributed by atoms with E-state index in [0.717, 1.165) is 17.4 Å². The number of hydrogen-bond acceptors (Lipinski definition) is 4. The Bertz CT molecular complexity index is 992. The lowest BCUT2D eigenvalue weighted by Gasteiger charge is -2.34. The normalized spacial score (nSPS) is 19.1. The summed E-state index contributed by atoms with van der Waals surface area (Å²) in [6.45, 7) is 3.52. The number of para-hydroxylation sites is 1. The van der Waals surface area contributed by atoms with Crippen LogP contribution in [0.2, 0.25) is 0 Å². The third kappa shape index (κ3) is 4.31. The molecule has 1 amide bonds. The number of sulfonamides is 1. The van der Waals surface area contributed by atoms with Gasteiger partial charge in [-0.05, 0) is 37.0 Å². The highest BCUT2D eigenvalue weighted by atomic mass is 32.2. The Morgan fingerprint density at radius 1 is 1.14 bits per heavy atom. The van der Waals surface area contributed by atoms with E-state index < -0.39 is 10.0 Å². The first-order chi connectivity index (χ1) is 13.9. The van der Waals surface area contributed by atoms with E-state index in [1.54, 1.807) is 18.3 Å². The minimum atomic E-state index is -3.64. The number of fused-ring (bicyclic) bond motifs is 1. The molecule has 0 N–H and O–H groups in total. The average Bonchev–Trinajstić information content (AvgIpc) is 3.25. The molecule has 0 unspecified atom stereocenters. The third-order valence-corrected chi connectivity index (χ3v) is 8.19. The summed E-state index contributed by atoms with van der Waals surface area (Å²) in [5, 5.41) is 0.826. The zero-order valence-electron chi connectivity index (χ0n) is 17.0. The molecule has 156 valence electrons. The standard InChI is InChI=1S/C22H29N3O3S/c1-17-15-19-7-4-8-20(22(19)23-16-17)29(27,28)25-13-11-24(12-14-25)21(26)10-9-18-5-2-3-6-18/h4,7-8,15-16,18H,2-3,5-6,9-14H2,1H3. The molecule has 1 saturated carbocycles. The van der Waals surface area contributed by atoms with Gasteiger partial charge in [0.25, 0.3) is 0 Å². The highest BCUT2D eigenvalue weighted by Gasteiger charge is 2.31. The van der Waals surface area contributed by atoms with Crippen molar-refractivity contribution in [1.29, 1.82) is 0 Å². The van der Waals surface area contributed by atoms with Gasteiger partial charge in [-0.1, -0.05) is 37.8 Å². The molecule has 2 aromatic rings. The molecule has 0 atom stereocenters. The van der Waals surface area contributed by atoms with Crippen LogP contribution in [0.15, 0.2) is 35.4 Å². The van der Waals surface area contributed by atoms with E-state index in [2.05, 4.69) is 4.98 Å². The number of carbonyl (C=O) groups excluding carboxylic acids is 1. The van der Waals surface area contributed by atoms with Gasteiger partial charge in [0.05, 0.1) is 5.52 Å². The second-order valence-electron chi connectivity index (χ2n) is 8.31. The van der Waals surface area contributed by atoms with Crippen molar-refractivity contribution in [2.75, 3.05) is 26.2 Å². The zero-order valence-corrected chi connectivity index (χ0v) is 17.8. The van der Waals surface area contributed by atoms with Crippen LogP contribution in [-0.2, 0) is 14.8 Å². The van der Waals surface area contributed by atoms with Crippen LogP contribution in [0.1, 0.15) is 44.1 Å². The number of amides is 1. The topological polar surface area (TPSA) is 70.6 Å². The predicted molar refractivity (Wildman–Crippen MR) is 113 cm³/mol. The molecule has 0 radical (unpaired) electrons. The van der Waals surface area contributed by atoms with Gasteiger partial charge in [-0.2, -0.15) is 4.31 Å². The average molecular weight is 416 g/mol. The molecule has 2 fully saturated rings. The predicted octanol–water partition coefficient (Wildman–Crippen LogP) is 3.35. The first-order valence-electron chi connectivity index (χ1n) is 10.6. The highest BCUT2D eigenvalue weighted by Crippen LogP contribution is 2.29. The summed E-state index contributed by atoms with van der Waals surface area (Å²) in [7, 11) is -3.64. The van der Waals surface area contributed by atoms with Gasteiger partial charge in [0, 0.05) is 44.2 Å². The number of aromatic nitrogens is 1. The molecule has 6 nitrogen and oxygen atoms in total. The summed E-state index contributed by atoms with van der Waals surface area (Å²) in [6, 6.07) is 7.22. The van der Waals surface area contributed by atoms with Gasteiger partial charge in [0.15, 0.2) is 0 Å². The maximum absolute atomic E-state index is 13.2. The van der Waals surface area contributed by atoms with Crippen LogP contribution < -0.4 is 0 Å². The van der Waals surface area contributed by atoms with Crippen molar-refractivity contribution >= 4 is 26.8 Å². The Hall–Kier alpha value is -1.99. The SMILES string of the molecule is Cc1cnc2c(S(=O)(=O)N3CCN(C(=O)CCC4CCCC4)CC3)cccc2c1. The number of pyridine rings is 1. The molecule has 29 heavy (non-hydrogen) atoms. The summed E-state index contributed by atoms with van der Waals surface area (Å²) in [6.07, 6.45) is 8.33. The monoisotopic (exact) mass is 415 g/mol. The molecular weight excluding hydrogens is 386 g/mol. The fraction of sp³-hybridized carbons (Fsp3) is 0.545. The lowest BCUT2D eigenvalue weighted by Crippen LogP contribution is -2.50. The van der Waals surface area contributed by atoms with Gasteiger partial charge in [-0.25, -0.2) is 8.42 Å². The van der Waals surface area contributed by atoms with Crippen molar-refractivity contribution in [1.82, 2.24) is 14.2 Å². The smallest absolute Gasteiger partial charge is 0.245 e. The Morgan fingerprint density at radius 2 is 1.86 bits per heavy atom. The molecule has 1 aliphatic carbocycles. The fourth-order valence-corrected chi connectivity index (χ4v) is 6.14. The molecule has 0 bridgehead atoms. The van der Waals surface area contributed by atoms with Crippen LogP contribution in [-0.4, -0.2) is 54.7 Å². The molecule has 0 spiro atoms. The minimum absolute atomic E-state index is 0.163. The largest absolute Gasteiger partial charge is 0.340 e.